The van der Waals surface area contributed by atoms with Crippen molar-refractivity contribution in [3.05, 3.63) is 52.2 Å². The van der Waals surface area contributed by atoms with Gasteiger partial charge in [-0.3, -0.25) is 4.79 Å². The molecule has 0 radical (unpaired) electrons. The van der Waals surface area contributed by atoms with Crippen molar-refractivity contribution in [2.75, 3.05) is 7.11 Å². The van der Waals surface area contributed by atoms with E-state index in [1.54, 1.807) is 37.4 Å². The summed E-state index contributed by atoms with van der Waals surface area (Å²) in [6.07, 6.45) is 0.138. The third-order valence-corrected chi connectivity index (χ3v) is 4.34. The Morgan fingerprint density at radius 1 is 1.23 bits per heavy atom. The van der Waals surface area contributed by atoms with Gasteiger partial charge in [0.1, 0.15) is 11.7 Å². The number of carbonyl (C=O) groups is 1. The number of methoxy groups -OCH3 is 1. The van der Waals surface area contributed by atoms with E-state index in [9.17, 15) is 15.3 Å². The van der Waals surface area contributed by atoms with Crippen molar-refractivity contribution in [3.63, 3.8) is 0 Å². The van der Waals surface area contributed by atoms with Gasteiger partial charge in [-0.2, -0.15) is 10.5 Å². The van der Waals surface area contributed by atoms with Crippen LogP contribution in [0.3, 0.4) is 0 Å². The van der Waals surface area contributed by atoms with Gasteiger partial charge in [0.25, 0.3) is 0 Å². The molecule has 1 heterocycles. The summed E-state index contributed by atoms with van der Waals surface area (Å²) in [6, 6.07) is 14.7. The van der Waals surface area contributed by atoms with Gasteiger partial charge in [-0.1, -0.05) is 18.2 Å². The van der Waals surface area contributed by atoms with Crippen molar-refractivity contribution in [2.45, 2.75) is 12.3 Å². The fraction of sp³-hybridized carbons (Fsp3) is 0.235. The number of thiophene rings is 1. The van der Waals surface area contributed by atoms with E-state index in [0.717, 1.165) is 5.56 Å². The second-order valence-electron chi connectivity index (χ2n) is 4.72. The fourth-order valence-electron chi connectivity index (χ4n) is 2.23. The van der Waals surface area contributed by atoms with Gasteiger partial charge in [-0.25, -0.2) is 0 Å². The van der Waals surface area contributed by atoms with Crippen molar-refractivity contribution < 1.29 is 9.53 Å². The van der Waals surface area contributed by atoms with Gasteiger partial charge >= 0.3 is 0 Å². The Morgan fingerprint density at radius 2 is 1.91 bits per heavy atom. The van der Waals surface area contributed by atoms with E-state index in [2.05, 4.69) is 0 Å². The first-order chi connectivity index (χ1) is 10.7. The molecule has 0 saturated heterocycles. The van der Waals surface area contributed by atoms with Gasteiger partial charge in [-0.15, -0.1) is 11.3 Å². The zero-order chi connectivity index (χ0) is 15.9. The molecule has 0 saturated carbocycles. The zero-order valence-corrected chi connectivity index (χ0v) is 12.8. The van der Waals surface area contributed by atoms with Crippen LogP contribution in [0.2, 0.25) is 0 Å². The standard InChI is InChI=1S/C17H14N2O2S/c1-21-14-6-4-12(5-7-14)15(13(10-18)11-19)9-16(20)17-3-2-8-22-17/h2-8,13,15H,9H2,1H3/t15-/m1/s1. The van der Waals surface area contributed by atoms with Gasteiger partial charge in [0, 0.05) is 12.3 Å². The third kappa shape index (κ3) is 3.52. The SMILES string of the molecule is COc1ccc([C@@H](CC(=O)c2cccs2)C(C#N)C#N)cc1. The number of hydrogen-bond donors (Lipinski definition) is 0. The number of hydrogen-bond acceptors (Lipinski definition) is 5. The van der Waals surface area contributed by atoms with Crippen LogP contribution in [0.25, 0.3) is 0 Å². The molecule has 0 N–H and O–H groups in total. The van der Waals surface area contributed by atoms with Crippen molar-refractivity contribution in [3.8, 4) is 17.9 Å². The van der Waals surface area contributed by atoms with E-state index in [0.29, 0.717) is 10.6 Å². The van der Waals surface area contributed by atoms with E-state index in [4.69, 9.17) is 4.74 Å². The third-order valence-electron chi connectivity index (χ3n) is 3.43. The van der Waals surface area contributed by atoms with Gasteiger partial charge in [0.15, 0.2) is 5.78 Å². The predicted molar refractivity (Wildman–Crippen MR) is 83.7 cm³/mol. The molecule has 5 heteroatoms. The Hall–Kier alpha value is -2.63. The van der Waals surface area contributed by atoms with Crippen LogP contribution in [-0.2, 0) is 0 Å². The lowest BCUT2D eigenvalue weighted by molar-refractivity contribution is 0.0975. The van der Waals surface area contributed by atoms with E-state index in [1.807, 2.05) is 23.6 Å². The quantitative estimate of drug-likeness (QED) is 0.761. The van der Waals surface area contributed by atoms with Crippen LogP contribution in [0.4, 0.5) is 0 Å². The number of benzene rings is 1. The minimum Gasteiger partial charge on any atom is -0.497 e. The maximum absolute atomic E-state index is 12.3. The molecule has 0 amide bonds. The summed E-state index contributed by atoms with van der Waals surface area (Å²) in [7, 11) is 1.57. The number of rotatable bonds is 6. The number of carbonyl (C=O) groups excluding carboxylic acids is 1. The smallest absolute Gasteiger partial charge is 0.173 e. The molecular weight excluding hydrogens is 296 g/mol. The molecule has 0 fully saturated rings. The van der Waals surface area contributed by atoms with Gasteiger partial charge in [-0.05, 0) is 29.1 Å². The van der Waals surface area contributed by atoms with Crippen molar-refractivity contribution in [1.82, 2.24) is 0 Å². The first kappa shape index (κ1) is 15.8. The monoisotopic (exact) mass is 310 g/mol. The first-order valence-corrected chi connectivity index (χ1v) is 7.57. The summed E-state index contributed by atoms with van der Waals surface area (Å²) in [4.78, 5) is 13.0. The summed E-state index contributed by atoms with van der Waals surface area (Å²) in [5, 5.41) is 20.2. The van der Waals surface area contributed by atoms with Crippen molar-refractivity contribution in [2.24, 2.45) is 5.92 Å². The molecule has 2 aromatic rings. The zero-order valence-electron chi connectivity index (χ0n) is 12.0. The normalized spacial score (nSPS) is 11.5. The number of ketones is 1. The highest BCUT2D eigenvalue weighted by molar-refractivity contribution is 7.12. The summed E-state index contributed by atoms with van der Waals surface area (Å²) >= 11 is 1.37. The second kappa shape index (κ2) is 7.40. The molecule has 0 aliphatic carbocycles. The van der Waals surface area contributed by atoms with Crippen molar-refractivity contribution >= 4 is 17.1 Å². The predicted octanol–water partition coefficient (Wildman–Crippen LogP) is 3.78. The number of Topliss-reactive ketones (excluding diaryl/α,β-unsaturated/α-hetero) is 1. The van der Waals surface area contributed by atoms with Gasteiger partial charge < -0.3 is 4.74 Å². The summed E-state index contributed by atoms with van der Waals surface area (Å²) in [5.74, 6) is -0.670. The molecule has 22 heavy (non-hydrogen) atoms. The Morgan fingerprint density at radius 3 is 2.41 bits per heavy atom. The van der Waals surface area contributed by atoms with E-state index < -0.39 is 11.8 Å². The molecule has 110 valence electrons. The Balaban J connectivity index is 2.28. The van der Waals surface area contributed by atoms with Crippen molar-refractivity contribution in [1.29, 1.82) is 10.5 Å². The van der Waals surface area contributed by atoms with Crippen LogP contribution < -0.4 is 4.74 Å². The summed E-state index contributed by atoms with van der Waals surface area (Å²) in [6.45, 7) is 0. The van der Waals surface area contributed by atoms with Crippen LogP contribution >= 0.6 is 11.3 Å². The minimum absolute atomic E-state index is 0.0497. The molecule has 1 aromatic carbocycles. The molecule has 4 nitrogen and oxygen atoms in total. The summed E-state index contributed by atoms with van der Waals surface area (Å²) in [5.41, 5.74) is 0.791. The maximum Gasteiger partial charge on any atom is 0.173 e. The summed E-state index contributed by atoms with van der Waals surface area (Å²) < 4.78 is 5.11. The van der Waals surface area contributed by atoms with E-state index >= 15 is 0 Å². The molecular formula is C17H14N2O2S. The van der Waals surface area contributed by atoms with Crippen LogP contribution in [0.5, 0.6) is 5.75 Å². The van der Waals surface area contributed by atoms with Crippen LogP contribution in [-0.4, -0.2) is 12.9 Å². The van der Waals surface area contributed by atoms with Crippen LogP contribution in [0, 0.1) is 28.6 Å². The molecule has 0 spiro atoms. The topological polar surface area (TPSA) is 73.9 Å². The Labute approximate surface area is 133 Å². The highest BCUT2D eigenvalue weighted by Gasteiger charge is 2.26. The van der Waals surface area contributed by atoms with Gasteiger partial charge in [0.05, 0.1) is 24.1 Å². The van der Waals surface area contributed by atoms with E-state index in [1.165, 1.54) is 11.3 Å². The number of nitriles is 2. The highest BCUT2D eigenvalue weighted by atomic mass is 32.1. The molecule has 1 atom stereocenters. The average molecular weight is 310 g/mol. The highest BCUT2D eigenvalue weighted by Crippen LogP contribution is 2.31. The minimum atomic E-state index is -0.864. The molecule has 1 aromatic heterocycles. The lowest BCUT2D eigenvalue weighted by Gasteiger charge is -2.17. The number of nitrogens with zero attached hydrogens (tertiary/aromatic N) is 2. The van der Waals surface area contributed by atoms with Gasteiger partial charge in [0.2, 0.25) is 0 Å². The molecule has 0 unspecified atom stereocenters. The van der Waals surface area contributed by atoms with E-state index in [-0.39, 0.29) is 12.2 Å². The lowest BCUT2D eigenvalue weighted by Crippen LogP contribution is -2.14. The lowest BCUT2D eigenvalue weighted by atomic mass is 9.83. The average Bonchev–Trinajstić information content (AvgIpc) is 3.09. The maximum atomic E-state index is 12.3. The Bertz CT molecular complexity index is 695. The second-order valence-corrected chi connectivity index (χ2v) is 5.67. The molecule has 0 bridgehead atoms. The first-order valence-electron chi connectivity index (χ1n) is 6.69. The molecule has 0 aliphatic heterocycles. The Kier molecular flexibility index (Phi) is 5.30. The fourth-order valence-corrected chi connectivity index (χ4v) is 2.90. The largest absolute Gasteiger partial charge is 0.497 e. The van der Waals surface area contributed by atoms with Crippen LogP contribution in [0.1, 0.15) is 27.6 Å². The number of ether oxygens (including phenoxy) is 1. The van der Waals surface area contributed by atoms with Crippen LogP contribution in [0.15, 0.2) is 41.8 Å². The molecule has 2 rings (SSSR count). The molecule has 0 aliphatic rings.